The van der Waals surface area contributed by atoms with Crippen LogP contribution in [0.2, 0.25) is 0 Å². The highest BCUT2D eigenvalue weighted by Gasteiger charge is 2.30. The van der Waals surface area contributed by atoms with E-state index in [-0.39, 0.29) is 11.8 Å². The predicted molar refractivity (Wildman–Crippen MR) is 108 cm³/mol. The molecule has 0 bridgehead atoms. The first-order valence-corrected chi connectivity index (χ1v) is 11.1. The normalized spacial score (nSPS) is 16.6. The molecule has 1 aliphatic heterocycles. The maximum Gasteiger partial charge on any atom is 0.213 e. The molecular weight excluding hydrogens is 346 g/mol. The molecule has 0 aliphatic carbocycles. The van der Waals surface area contributed by atoms with Gasteiger partial charge in [-0.25, -0.2) is 12.7 Å². The molecule has 142 valence electrons. The highest BCUT2D eigenvalue weighted by atomic mass is 32.2. The summed E-state index contributed by atoms with van der Waals surface area (Å²) in [6.07, 6.45) is 2.66. The van der Waals surface area contributed by atoms with Gasteiger partial charge in [0.05, 0.1) is 17.0 Å². The van der Waals surface area contributed by atoms with E-state index in [9.17, 15) is 8.42 Å². The topological polar surface area (TPSA) is 53.5 Å². The van der Waals surface area contributed by atoms with Crippen LogP contribution in [-0.4, -0.2) is 49.6 Å². The van der Waals surface area contributed by atoms with Crippen LogP contribution in [0.15, 0.2) is 24.3 Å². The number of pyridine rings is 1. The molecule has 0 atom stereocenters. The van der Waals surface area contributed by atoms with Crippen molar-refractivity contribution < 1.29 is 8.42 Å². The van der Waals surface area contributed by atoms with E-state index in [0.717, 1.165) is 43.6 Å². The fourth-order valence-electron chi connectivity index (χ4n) is 4.02. The van der Waals surface area contributed by atoms with Crippen molar-refractivity contribution in [2.45, 2.75) is 46.1 Å². The SMILES string of the molecule is CCc1c(C)nc2ccccc2c1N1CCC(N(C)S(=O)(=O)CC)CC1. The lowest BCUT2D eigenvalue weighted by atomic mass is 9.99. The van der Waals surface area contributed by atoms with Gasteiger partial charge in [0.25, 0.3) is 0 Å². The number of nitrogens with zero attached hydrogens (tertiary/aromatic N) is 3. The summed E-state index contributed by atoms with van der Waals surface area (Å²) < 4.78 is 25.9. The maximum absolute atomic E-state index is 12.2. The van der Waals surface area contributed by atoms with Gasteiger partial charge in [-0.1, -0.05) is 25.1 Å². The summed E-state index contributed by atoms with van der Waals surface area (Å²) in [4.78, 5) is 7.20. The number of piperidine rings is 1. The third kappa shape index (κ3) is 3.45. The number of benzene rings is 1. The fraction of sp³-hybridized carbons (Fsp3) is 0.550. The third-order valence-electron chi connectivity index (χ3n) is 5.62. The van der Waals surface area contributed by atoms with Crippen molar-refractivity contribution in [3.8, 4) is 0 Å². The first kappa shape index (κ1) is 19.1. The van der Waals surface area contributed by atoms with E-state index in [0.29, 0.717) is 0 Å². The lowest BCUT2D eigenvalue weighted by Gasteiger charge is -2.38. The fourth-order valence-corrected chi connectivity index (χ4v) is 5.09. The quantitative estimate of drug-likeness (QED) is 0.804. The average Bonchev–Trinajstić information content (AvgIpc) is 2.66. The summed E-state index contributed by atoms with van der Waals surface area (Å²) in [6.45, 7) is 7.71. The Kier molecular flexibility index (Phi) is 5.53. The largest absolute Gasteiger partial charge is 0.371 e. The van der Waals surface area contributed by atoms with E-state index in [4.69, 9.17) is 4.98 Å². The van der Waals surface area contributed by atoms with Crippen LogP contribution in [0.1, 0.15) is 37.9 Å². The molecule has 0 amide bonds. The minimum absolute atomic E-state index is 0.0930. The summed E-state index contributed by atoms with van der Waals surface area (Å²) in [5.74, 6) is 0.165. The Morgan fingerprint density at radius 3 is 2.46 bits per heavy atom. The van der Waals surface area contributed by atoms with Gasteiger partial charge in [0, 0.05) is 37.3 Å². The molecule has 2 heterocycles. The molecule has 2 aromatic rings. The molecule has 1 fully saturated rings. The number of hydrogen-bond donors (Lipinski definition) is 0. The Balaban J connectivity index is 1.90. The molecule has 26 heavy (non-hydrogen) atoms. The number of hydrogen-bond acceptors (Lipinski definition) is 4. The molecule has 6 heteroatoms. The van der Waals surface area contributed by atoms with Gasteiger partial charge in [-0.15, -0.1) is 0 Å². The molecule has 5 nitrogen and oxygen atoms in total. The first-order chi connectivity index (χ1) is 12.4. The standard InChI is InChI=1S/C20H29N3O2S/c1-5-17-15(3)21-19-10-8-7-9-18(19)20(17)23-13-11-16(12-14-23)22(4)26(24,25)6-2/h7-10,16H,5-6,11-14H2,1-4H3. The van der Waals surface area contributed by atoms with Crippen molar-refractivity contribution in [1.29, 1.82) is 0 Å². The first-order valence-electron chi connectivity index (χ1n) is 9.47. The highest BCUT2D eigenvalue weighted by molar-refractivity contribution is 7.89. The summed E-state index contributed by atoms with van der Waals surface area (Å²) in [6, 6.07) is 8.41. The van der Waals surface area contributed by atoms with Gasteiger partial charge in [-0.05, 0) is 44.7 Å². The number of anilines is 1. The number of sulfonamides is 1. The second kappa shape index (κ2) is 7.53. The van der Waals surface area contributed by atoms with Crippen LogP contribution < -0.4 is 4.90 Å². The molecule has 0 radical (unpaired) electrons. The van der Waals surface area contributed by atoms with Crippen molar-refractivity contribution in [1.82, 2.24) is 9.29 Å². The average molecular weight is 376 g/mol. The summed E-state index contributed by atoms with van der Waals surface area (Å²) in [5.41, 5.74) is 4.71. The Labute approximate surface area is 157 Å². The van der Waals surface area contributed by atoms with Crippen LogP contribution in [0.5, 0.6) is 0 Å². The summed E-state index contributed by atoms with van der Waals surface area (Å²) >= 11 is 0. The van der Waals surface area contributed by atoms with Gasteiger partial charge in [-0.2, -0.15) is 0 Å². The maximum atomic E-state index is 12.2. The monoisotopic (exact) mass is 375 g/mol. The zero-order valence-electron chi connectivity index (χ0n) is 16.2. The minimum Gasteiger partial charge on any atom is -0.371 e. The van der Waals surface area contributed by atoms with E-state index in [2.05, 4.69) is 36.9 Å². The molecule has 0 N–H and O–H groups in total. The van der Waals surface area contributed by atoms with Crippen LogP contribution in [0, 0.1) is 6.92 Å². The van der Waals surface area contributed by atoms with Crippen LogP contribution in [0.3, 0.4) is 0 Å². The Morgan fingerprint density at radius 2 is 1.85 bits per heavy atom. The highest BCUT2D eigenvalue weighted by Crippen LogP contribution is 2.34. The molecule has 1 aromatic heterocycles. The minimum atomic E-state index is -3.13. The lowest BCUT2D eigenvalue weighted by molar-refractivity contribution is 0.312. The molecule has 0 spiro atoms. The van der Waals surface area contributed by atoms with E-state index in [1.54, 1.807) is 18.3 Å². The molecule has 1 saturated heterocycles. The van der Waals surface area contributed by atoms with Gasteiger partial charge in [0.2, 0.25) is 10.0 Å². The van der Waals surface area contributed by atoms with Crippen molar-refractivity contribution in [2.75, 3.05) is 30.8 Å². The van der Waals surface area contributed by atoms with Gasteiger partial charge < -0.3 is 4.90 Å². The van der Waals surface area contributed by atoms with E-state index < -0.39 is 10.0 Å². The Morgan fingerprint density at radius 1 is 1.19 bits per heavy atom. The number of para-hydroxylation sites is 1. The number of fused-ring (bicyclic) bond motifs is 1. The molecule has 0 unspecified atom stereocenters. The molecule has 3 rings (SSSR count). The summed E-state index contributed by atoms with van der Waals surface area (Å²) in [7, 11) is -1.40. The third-order valence-corrected chi connectivity index (χ3v) is 7.53. The van der Waals surface area contributed by atoms with Gasteiger partial charge in [-0.3, -0.25) is 4.98 Å². The number of aryl methyl sites for hydroxylation is 1. The molecular formula is C20H29N3O2S. The summed E-state index contributed by atoms with van der Waals surface area (Å²) in [5, 5.41) is 1.20. The van der Waals surface area contributed by atoms with E-state index >= 15 is 0 Å². The Hall–Kier alpha value is -1.66. The van der Waals surface area contributed by atoms with Crippen molar-refractivity contribution in [3.63, 3.8) is 0 Å². The predicted octanol–water partition coefficient (Wildman–Crippen LogP) is 3.36. The smallest absolute Gasteiger partial charge is 0.213 e. The van der Waals surface area contributed by atoms with Crippen molar-refractivity contribution >= 4 is 26.6 Å². The van der Waals surface area contributed by atoms with Crippen LogP contribution >= 0.6 is 0 Å². The molecule has 1 aromatic carbocycles. The van der Waals surface area contributed by atoms with E-state index in [1.807, 2.05) is 6.07 Å². The zero-order valence-corrected chi connectivity index (χ0v) is 17.0. The van der Waals surface area contributed by atoms with Gasteiger partial charge >= 0.3 is 0 Å². The van der Waals surface area contributed by atoms with Crippen molar-refractivity contribution in [2.24, 2.45) is 0 Å². The van der Waals surface area contributed by atoms with Crippen LogP contribution in [-0.2, 0) is 16.4 Å². The number of aromatic nitrogens is 1. The second-order valence-corrected chi connectivity index (χ2v) is 9.35. The van der Waals surface area contributed by atoms with E-state index in [1.165, 1.54) is 16.6 Å². The van der Waals surface area contributed by atoms with Crippen LogP contribution in [0.25, 0.3) is 10.9 Å². The van der Waals surface area contributed by atoms with Gasteiger partial charge in [0.15, 0.2) is 0 Å². The number of rotatable bonds is 5. The van der Waals surface area contributed by atoms with Crippen molar-refractivity contribution in [3.05, 3.63) is 35.5 Å². The molecule has 1 aliphatic rings. The Bertz CT molecular complexity index is 887. The van der Waals surface area contributed by atoms with Crippen LogP contribution in [0.4, 0.5) is 5.69 Å². The molecule has 0 saturated carbocycles. The van der Waals surface area contributed by atoms with Gasteiger partial charge in [0.1, 0.15) is 0 Å². The second-order valence-electron chi connectivity index (χ2n) is 7.03. The lowest BCUT2D eigenvalue weighted by Crippen LogP contribution is -2.46. The zero-order chi connectivity index (χ0) is 18.9.